The number of rotatable bonds is 3. The minimum atomic E-state index is 0.231. The summed E-state index contributed by atoms with van der Waals surface area (Å²) in [5.74, 6) is 0. The van der Waals surface area contributed by atoms with Crippen molar-refractivity contribution in [2.45, 2.75) is 41.9 Å². The molecule has 0 radical (unpaired) electrons. The molecular formula is C12H13N7S. The van der Waals surface area contributed by atoms with Crippen molar-refractivity contribution >= 4 is 17.4 Å². The highest BCUT2D eigenvalue weighted by molar-refractivity contribution is 7.99. The van der Waals surface area contributed by atoms with E-state index in [1.165, 1.54) is 24.6 Å². The number of tetrazole rings is 1. The van der Waals surface area contributed by atoms with Gasteiger partial charge in [0, 0.05) is 0 Å². The van der Waals surface area contributed by atoms with Crippen LogP contribution in [-0.4, -0.2) is 25.2 Å². The fourth-order valence-corrected chi connectivity index (χ4v) is 3.14. The Morgan fingerprint density at radius 3 is 2.90 bits per heavy atom. The lowest BCUT2D eigenvalue weighted by Gasteiger charge is -2.10. The van der Waals surface area contributed by atoms with Crippen molar-refractivity contribution in [2.75, 3.05) is 5.73 Å². The quantitative estimate of drug-likeness (QED) is 0.917. The maximum absolute atomic E-state index is 8.95. The largest absolute Gasteiger partial charge is 0.396 e. The van der Waals surface area contributed by atoms with E-state index in [-0.39, 0.29) is 5.69 Å². The normalized spacial score (nSPS) is 15.3. The number of aromatic nitrogens is 5. The standard InChI is InChI=1S/C12H13N7S/c13-7-10-9(14)5-6-11(15-10)20-12-16-17-18-19(12)8-3-1-2-4-8/h5-6,8H,1-4,14H2. The van der Waals surface area contributed by atoms with E-state index in [1.807, 2.05) is 10.8 Å². The van der Waals surface area contributed by atoms with Crippen LogP contribution < -0.4 is 5.73 Å². The van der Waals surface area contributed by atoms with Crippen molar-refractivity contribution in [3.05, 3.63) is 17.8 Å². The van der Waals surface area contributed by atoms with Gasteiger partial charge in [-0.25, -0.2) is 9.67 Å². The number of nitrogens with two attached hydrogens (primary N) is 1. The monoisotopic (exact) mass is 287 g/mol. The lowest BCUT2D eigenvalue weighted by molar-refractivity contribution is 0.423. The Balaban J connectivity index is 1.85. The van der Waals surface area contributed by atoms with E-state index in [2.05, 4.69) is 20.5 Å². The summed E-state index contributed by atoms with van der Waals surface area (Å²) in [7, 11) is 0. The fraction of sp³-hybridized carbons (Fsp3) is 0.417. The van der Waals surface area contributed by atoms with Gasteiger partial charge in [-0.1, -0.05) is 12.8 Å². The second kappa shape index (κ2) is 5.46. The van der Waals surface area contributed by atoms with Crippen molar-refractivity contribution < 1.29 is 0 Å². The molecule has 0 unspecified atom stereocenters. The predicted octanol–water partition coefficient (Wildman–Crippen LogP) is 1.79. The highest BCUT2D eigenvalue weighted by Crippen LogP contribution is 2.33. The van der Waals surface area contributed by atoms with Gasteiger partial charge in [0.05, 0.1) is 11.7 Å². The van der Waals surface area contributed by atoms with Crippen LogP contribution in [0.25, 0.3) is 0 Å². The van der Waals surface area contributed by atoms with Gasteiger partial charge in [-0.3, -0.25) is 0 Å². The van der Waals surface area contributed by atoms with E-state index in [0.717, 1.165) is 12.8 Å². The first-order valence-corrected chi connectivity index (χ1v) is 7.22. The Kier molecular flexibility index (Phi) is 3.52. The van der Waals surface area contributed by atoms with Gasteiger partial charge in [0.25, 0.3) is 0 Å². The number of nitrogen functional groups attached to an aromatic ring is 1. The van der Waals surface area contributed by atoms with E-state index < -0.39 is 0 Å². The summed E-state index contributed by atoms with van der Waals surface area (Å²) < 4.78 is 1.86. The molecule has 0 bridgehead atoms. The SMILES string of the molecule is N#Cc1nc(Sc2nnnn2C2CCCC2)ccc1N. The van der Waals surface area contributed by atoms with Crippen LogP contribution in [0, 0.1) is 11.3 Å². The predicted molar refractivity (Wildman–Crippen MR) is 72.8 cm³/mol. The first-order chi connectivity index (χ1) is 9.78. The van der Waals surface area contributed by atoms with Crippen LogP contribution in [0.5, 0.6) is 0 Å². The lowest BCUT2D eigenvalue weighted by atomic mass is 10.3. The van der Waals surface area contributed by atoms with Gasteiger partial charge >= 0.3 is 0 Å². The molecule has 0 aromatic carbocycles. The molecule has 1 fully saturated rings. The Labute approximate surface area is 120 Å². The van der Waals surface area contributed by atoms with Crippen molar-refractivity contribution in [3.63, 3.8) is 0 Å². The van der Waals surface area contributed by atoms with Gasteiger partial charge in [-0.05, 0) is 47.2 Å². The highest BCUT2D eigenvalue weighted by atomic mass is 32.2. The topological polar surface area (TPSA) is 106 Å². The second-order valence-electron chi connectivity index (χ2n) is 4.65. The molecule has 1 aliphatic carbocycles. The molecule has 2 aromatic heterocycles. The molecular weight excluding hydrogens is 274 g/mol. The first-order valence-electron chi connectivity index (χ1n) is 6.40. The first kappa shape index (κ1) is 12.9. The third-order valence-electron chi connectivity index (χ3n) is 3.34. The minimum absolute atomic E-state index is 0.231. The summed E-state index contributed by atoms with van der Waals surface area (Å²) in [6, 6.07) is 5.80. The number of nitriles is 1. The molecule has 2 N–H and O–H groups in total. The average molecular weight is 287 g/mol. The highest BCUT2D eigenvalue weighted by Gasteiger charge is 2.22. The van der Waals surface area contributed by atoms with E-state index in [4.69, 9.17) is 11.0 Å². The van der Waals surface area contributed by atoms with Gasteiger partial charge in [0.15, 0.2) is 5.69 Å². The van der Waals surface area contributed by atoms with Crippen LogP contribution >= 0.6 is 11.8 Å². The molecule has 1 aliphatic rings. The zero-order chi connectivity index (χ0) is 13.9. The third kappa shape index (κ3) is 2.44. The summed E-state index contributed by atoms with van der Waals surface area (Å²) >= 11 is 1.36. The van der Waals surface area contributed by atoms with Gasteiger partial charge in [0.1, 0.15) is 11.1 Å². The fourth-order valence-electron chi connectivity index (χ4n) is 2.32. The third-order valence-corrected chi connectivity index (χ3v) is 4.22. The zero-order valence-electron chi connectivity index (χ0n) is 10.7. The van der Waals surface area contributed by atoms with Gasteiger partial charge in [0.2, 0.25) is 5.16 Å². The van der Waals surface area contributed by atoms with Gasteiger partial charge < -0.3 is 5.73 Å². The van der Waals surface area contributed by atoms with Crippen LogP contribution in [0.1, 0.15) is 37.4 Å². The van der Waals surface area contributed by atoms with Crippen LogP contribution in [0.4, 0.5) is 5.69 Å². The molecule has 7 nitrogen and oxygen atoms in total. The van der Waals surface area contributed by atoms with Crippen LogP contribution in [0.15, 0.2) is 22.3 Å². The number of pyridine rings is 1. The average Bonchev–Trinajstić information content (AvgIpc) is 3.11. The molecule has 8 heteroatoms. The second-order valence-corrected chi connectivity index (χ2v) is 5.63. The van der Waals surface area contributed by atoms with Crippen molar-refractivity contribution in [3.8, 4) is 6.07 Å². The van der Waals surface area contributed by atoms with E-state index in [9.17, 15) is 0 Å². The molecule has 20 heavy (non-hydrogen) atoms. The van der Waals surface area contributed by atoms with Crippen LogP contribution in [-0.2, 0) is 0 Å². The molecule has 0 atom stereocenters. The van der Waals surface area contributed by atoms with Gasteiger partial charge in [-0.15, -0.1) is 5.10 Å². The molecule has 102 valence electrons. The molecule has 3 rings (SSSR count). The van der Waals surface area contributed by atoms with Crippen molar-refractivity contribution in [2.24, 2.45) is 0 Å². The smallest absolute Gasteiger partial charge is 0.215 e. The Morgan fingerprint density at radius 1 is 1.35 bits per heavy atom. The van der Waals surface area contributed by atoms with E-state index in [0.29, 0.717) is 21.9 Å². The molecule has 1 saturated carbocycles. The van der Waals surface area contributed by atoms with Crippen molar-refractivity contribution in [1.82, 2.24) is 25.2 Å². The number of anilines is 1. The summed E-state index contributed by atoms with van der Waals surface area (Å²) in [4.78, 5) is 4.20. The van der Waals surface area contributed by atoms with Crippen LogP contribution in [0.2, 0.25) is 0 Å². The Morgan fingerprint density at radius 2 is 2.15 bits per heavy atom. The molecule has 0 spiro atoms. The number of hydrogen-bond acceptors (Lipinski definition) is 7. The molecule has 0 amide bonds. The Bertz CT molecular complexity index is 654. The number of hydrogen-bond donors (Lipinski definition) is 1. The molecule has 0 saturated heterocycles. The Hall–Kier alpha value is -2.14. The lowest BCUT2D eigenvalue weighted by Crippen LogP contribution is -2.08. The summed E-state index contributed by atoms with van der Waals surface area (Å²) in [6.45, 7) is 0. The van der Waals surface area contributed by atoms with E-state index >= 15 is 0 Å². The molecule has 2 aromatic rings. The van der Waals surface area contributed by atoms with E-state index in [1.54, 1.807) is 12.1 Å². The maximum atomic E-state index is 8.95. The summed E-state index contributed by atoms with van der Waals surface area (Å²) in [6.07, 6.45) is 4.65. The van der Waals surface area contributed by atoms with Crippen molar-refractivity contribution in [1.29, 1.82) is 5.26 Å². The minimum Gasteiger partial charge on any atom is -0.396 e. The molecule has 2 heterocycles. The maximum Gasteiger partial charge on any atom is 0.215 e. The zero-order valence-corrected chi connectivity index (χ0v) is 11.5. The van der Waals surface area contributed by atoms with Gasteiger partial charge in [-0.2, -0.15) is 5.26 Å². The van der Waals surface area contributed by atoms with Crippen LogP contribution in [0.3, 0.4) is 0 Å². The number of nitrogens with zero attached hydrogens (tertiary/aromatic N) is 6. The molecule has 0 aliphatic heterocycles. The summed E-state index contributed by atoms with van der Waals surface area (Å²) in [5.41, 5.74) is 6.28. The summed E-state index contributed by atoms with van der Waals surface area (Å²) in [5, 5.41) is 22.2.